The minimum Gasteiger partial charge on any atom is -0.497 e. The van der Waals surface area contributed by atoms with E-state index in [-0.39, 0.29) is 24.3 Å². The predicted molar refractivity (Wildman–Crippen MR) is 143 cm³/mol. The molecule has 0 aliphatic rings. The molecule has 0 spiro atoms. The lowest BCUT2D eigenvalue weighted by molar-refractivity contribution is -0.141. The van der Waals surface area contributed by atoms with E-state index in [2.05, 4.69) is 5.32 Å². The van der Waals surface area contributed by atoms with Crippen LogP contribution in [0.5, 0.6) is 17.2 Å². The summed E-state index contributed by atoms with van der Waals surface area (Å²) in [7, 11) is 1.61. The van der Waals surface area contributed by atoms with Crippen molar-refractivity contribution in [3.63, 3.8) is 0 Å². The van der Waals surface area contributed by atoms with Crippen molar-refractivity contribution in [1.82, 2.24) is 10.2 Å². The van der Waals surface area contributed by atoms with Crippen LogP contribution in [0.4, 0.5) is 0 Å². The molecule has 2 aromatic rings. The van der Waals surface area contributed by atoms with Crippen molar-refractivity contribution in [1.29, 1.82) is 0 Å². The first-order chi connectivity index (χ1) is 17.4. The number of nitrogens with zero attached hydrogens (tertiary/aromatic N) is 1. The summed E-state index contributed by atoms with van der Waals surface area (Å²) < 4.78 is 16.7. The molecular formula is C29H42N2O5. The minimum absolute atomic E-state index is 0.0427. The summed E-state index contributed by atoms with van der Waals surface area (Å²) >= 11 is 0. The number of amides is 2. The van der Waals surface area contributed by atoms with Crippen LogP contribution in [0.1, 0.15) is 65.0 Å². The summed E-state index contributed by atoms with van der Waals surface area (Å²) in [4.78, 5) is 28.4. The van der Waals surface area contributed by atoms with Crippen LogP contribution < -0.4 is 19.5 Å². The van der Waals surface area contributed by atoms with Gasteiger partial charge < -0.3 is 24.4 Å². The molecule has 0 saturated carbocycles. The molecule has 0 radical (unpaired) electrons. The topological polar surface area (TPSA) is 77.1 Å². The minimum atomic E-state index is -0.558. The molecule has 7 nitrogen and oxygen atoms in total. The molecule has 0 fully saturated rings. The summed E-state index contributed by atoms with van der Waals surface area (Å²) in [5.41, 5.74) is 1.89. The second-order valence-electron chi connectivity index (χ2n) is 8.76. The number of aryl methyl sites for hydroxylation is 1. The Balaban J connectivity index is 2.26. The highest BCUT2D eigenvalue weighted by molar-refractivity contribution is 5.88. The Labute approximate surface area is 216 Å². The SMILES string of the molecule is CCOc1ccc(CCC(=O)N(Cc2cccc(OC)c2)[C@@H](CC)C(=O)N[C@@H](C)CC)cc1OCC. The average molecular weight is 499 g/mol. The number of hydrogen-bond acceptors (Lipinski definition) is 5. The van der Waals surface area contributed by atoms with Gasteiger partial charge in [-0.05, 0) is 75.4 Å². The van der Waals surface area contributed by atoms with Gasteiger partial charge in [0.05, 0.1) is 20.3 Å². The zero-order chi connectivity index (χ0) is 26.5. The monoisotopic (exact) mass is 498 g/mol. The molecular weight excluding hydrogens is 456 g/mol. The molecule has 2 atom stereocenters. The predicted octanol–water partition coefficient (Wildman–Crippen LogP) is 5.15. The molecule has 0 aromatic heterocycles. The first-order valence-electron chi connectivity index (χ1n) is 13.0. The van der Waals surface area contributed by atoms with E-state index in [1.165, 1.54) is 0 Å². The van der Waals surface area contributed by atoms with Gasteiger partial charge in [0.15, 0.2) is 11.5 Å². The largest absolute Gasteiger partial charge is 0.497 e. The fourth-order valence-corrected chi connectivity index (χ4v) is 3.97. The normalized spacial score (nSPS) is 12.4. The number of benzene rings is 2. The van der Waals surface area contributed by atoms with Crippen molar-refractivity contribution in [3.8, 4) is 17.2 Å². The van der Waals surface area contributed by atoms with Crippen molar-refractivity contribution in [2.24, 2.45) is 0 Å². The van der Waals surface area contributed by atoms with E-state index in [1.807, 2.05) is 77.1 Å². The molecule has 0 aliphatic heterocycles. The highest BCUT2D eigenvalue weighted by Gasteiger charge is 2.29. The second-order valence-corrected chi connectivity index (χ2v) is 8.76. The number of ether oxygens (including phenoxy) is 3. The van der Waals surface area contributed by atoms with Crippen LogP contribution in [0, 0.1) is 0 Å². The first kappa shape index (κ1) is 29.0. The molecule has 2 rings (SSSR count). The summed E-state index contributed by atoms with van der Waals surface area (Å²) in [6.45, 7) is 11.2. The van der Waals surface area contributed by atoms with E-state index >= 15 is 0 Å². The van der Waals surface area contributed by atoms with E-state index in [9.17, 15) is 9.59 Å². The average Bonchev–Trinajstić information content (AvgIpc) is 2.88. The summed E-state index contributed by atoms with van der Waals surface area (Å²) in [5.74, 6) is 1.90. The molecule has 36 heavy (non-hydrogen) atoms. The van der Waals surface area contributed by atoms with Gasteiger partial charge in [-0.15, -0.1) is 0 Å². The Bertz CT molecular complexity index is 978. The van der Waals surface area contributed by atoms with E-state index in [4.69, 9.17) is 14.2 Å². The Morgan fingerprint density at radius 1 is 0.917 bits per heavy atom. The fourth-order valence-electron chi connectivity index (χ4n) is 3.97. The molecule has 198 valence electrons. The van der Waals surface area contributed by atoms with Crippen LogP contribution in [-0.2, 0) is 22.6 Å². The van der Waals surface area contributed by atoms with E-state index in [0.717, 1.165) is 23.3 Å². The van der Waals surface area contributed by atoms with E-state index < -0.39 is 6.04 Å². The maximum atomic E-state index is 13.6. The smallest absolute Gasteiger partial charge is 0.243 e. The molecule has 0 heterocycles. The zero-order valence-corrected chi connectivity index (χ0v) is 22.6. The molecule has 7 heteroatoms. The fraction of sp³-hybridized carbons (Fsp3) is 0.517. The van der Waals surface area contributed by atoms with Gasteiger partial charge >= 0.3 is 0 Å². The van der Waals surface area contributed by atoms with Gasteiger partial charge in [0.25, 0.3) is 0 Å². The van der Waals surface area contributed by atoms with Crippen LogP contribution in [0.25, 0.3) is 0 Å². The standard InChI is InChI=1S/C29H42N2O5/c1-7-21(5)30-29(33)25(8-2)31(20-23-12-11-13-24(18-23)34-6)28(32)17-15-22-14-16-26(35-9-3)27(19-22)36-10-4/h11-14,16,18-19,21,25H,7-10,15,17,20H2,1-6H3,(H,30,33)/t21-,25-/m0/s1. The van der Waals surface area contributed by atoms with Crippen molar-refractivity contribution in [2.45, 2.75) is 78.9 Å². The van der Waals surface area contributed by atoms with Crippen molar-refractivity contribution >= 4 is 11.8 Å². The van der Waals surface area contributed by atoms with Gasteiger partial charge in [0.2, 0.25) is 11.8 Å². The highest BCUT2D eigenvalue weighted by atomic mass is 16.5. The van der Waals surface area contributed by atoms with Gasteiger partial charge in [0, 0.05) is 19.0 Å². The second kappa shape index (κ2) is 15.0. The van der Waals surface area contributed by atoms with Crippen LogP contribution >= 0.6 is 0 Å². The van der Waals surface area contributed by atoms with Crippen LogP contribution in [0.2, 0.25) is 0 Å². The van der Waals surface area contributed by atoms with Crippen LogP contribution in [0.3, 0.4) is 0 Å². The number of rotatable bonds is 15. The quantitative estimate of drug-likeness (QED) is 0.368. The molecule has 0 saturated heterocycles. The molecule has 1 N–H and O–H groups in total. The third-order valence-electron chi connectivity index (χ3n) is 6.11. The van der Waals surface area contributed by atoms with E-state index in [0.29, 0.717) is 44.1 Å². The Kier molecular flexibility index (Phi) is 12.1. The lowest BCUT2D eigenvalue weighted by Crippen LogP contribution is -2.50. The van der Waals surface area contributed by atoms with Crippen molar-refractivity contribution in [3.05, 3.63) is 53.6 Å². The zero-order valence-electron chi connectivity index (χ0n) is 22.6. The van der Waals surface area contributed by atoms with Crippen molar-refractivity contribution in [2.75, 3.05) is 20.3 Å². The lowest BCUT2D eigenvalue weighted by atomic mass is 10.0. The Hall–Kier alpha value is -3.22. The summed E-state index contributed by atoms with van der Waals surface area (Å²) in [6, 6.07) is 12.9. The maximum Gasteiger partial charge on any atom is 0.243 e. The third kappa shape index (κ3) is 8.47. The van der Waals surface area contributed by atoms with Crippen molar-refractivity contribution < 1.29 is 23.8 Å². The number of carbonyl (C=O) groups excluding carboxylic acids is 2. The van der Waals surface area contributed by atoms with Gasteiger partial charge in [-0.25, -0.2) is 0 Å². The Morgan fingerprint density at radius 2 is 1.64 bits per heavy atom. The molecule has 0 unspecified atom stereocenters. The van der Waals surface area contributed by atoms with Gasteiger partial charge in [0.1, 0.15) is 11.8 Å². The molecule has 2 amide bonds. The third-order valence-corrected chi connectivity index (χ3v) is 6.11. The van der Waals surface area contributed by atoms with Crippen LogP contribution in [0.15, 0.2) is 42.5 Å². The molecule has 0 aliphatic carbocycles. The molecule has 0 bridgehead atoms. The number of methoxy groups -OCH3 is 1. The summed E-state index contributed by atoms with van der Waals surface area (Å²) in [6.07, 6.45) is 2.15. The summed E-state index contributed by atoms with van der Waals surface area (Å²) in [5, 5.41) is 3.05. The van der Waals surface area contributed by atoms with Gasteiger partial charge in [-0.2, -0.15) is 0 Å². The lowest BCUT2D eigenvalue weighted by Gasteiger charge is -2.31. The highest BCUT2D eigenvalue weighted by Crippen LogP contribution is 2.29. The number of nitrogens with one attached hydrogen (secondary N) is 1. The number of hydrogen-bond donors (Lipinski definition) is 1. The maximum absolute atomic E-state index is 13.6. The Morgan fingerprint density at radius 3 is 2.28 bits per heavy atom. The van der Waals surface area contributed by atoms with Gasteiger partial charge in [-0.3, -0.25) is 9.59 Å². The molecule has 2 aromatic carbocycles. The number of carbonyl (C=O) groups is 2. The van der Waals surface area contributed by atoms with Gasteiger partial charge in [-0.1, -0.05) is 32.0 Å². The van der Waals surface area contributed by atoms with Crippen LogP contribution in [-0.4, -0.2) is 49.1 Å². The first-order valence-corrected chi connectivity index (χ1v) is 13.0. The van der Waals surface area contributed by atoms with E-state index in [1.54, 1.807) is 12.0 Å².